The molecule has 7 nitrogen and oxygen atoms in total. The summed E-state index contributed by atoms with van der Waals surface area (Å²) in [6.07, 6.45) is 3.17. The Hall–Kier alpha value is -2.38. The van der Waals surface area contributed by atoms with E-state index in [0.29, 0.717) is 6.42 Å². The molecule has 1 aromatic carbocycles. The number of benzene rings is 1. The van der Waals surface area contributed by atoms with Crippen LogP contribution in [0.5, 0.6) is 0 Å². The fourth-order valence-corrected chi connectivity index (χ4v) is 4.00. The first kappa shape index (κ1) is 16.1. The Balaban J connectivity index is 1.50. The summed E-state index contributed by atoms with van der Waals surface area (Å²) in [5.41, 5.74) is 6.46. The quantitative estimate of drug-likeness (QED) is 0.530. The van der Waals surface area contributed by atoms with E-state index in [9.17, 15) is 19.8 Å². The molecule has 2 aromatic rings. The molecule has 2 aliphatic carbocycles. The number of para-hydroxylation sites is 1. The van der Waals surface area contributed by atoms with Gasteiger partial charge in [-0.25, -0.2) is 4.79 Å². The maximum atomic E-state index is 12.5. The fourth-order valence-electron chi connectivity index (χ4n) is 4.00. The number of aromatic nitrogens is 1. The van der Waals surface area contributed by atoms with Crippen LogP contribution < -0.4 is 11.1 Å². The van der Waals surface area contributed by atoms with Crippen LogP contribution in [-0.4, -0.2) is 44.8 Å². The minimum atomic E-state index is -1.45. The third-order valence-electron chi connectivity index (χ3n) is 5.43. The van der Waals surface area contributed by atoms with E-state index >= 15 is 0 Å². The molecule has 0 bridgehead atoms. The Kier molecular flexibility index (Phi) is 3.59. The molecule has 1 radical (unpaired) electrons. The first-order chi connectivity index (χ1) is 11.9. The highest BCUT2D eigenvalue weighted by Gasteiger charge is 2.67. The second kappa shape index (κ2) is 5.57. The molecule has 2 saturated carbocycles. The number of aliphatic carboxylic acids is 1. The molecule has 6 N–H and O–H groups in total. The molecule has 1 heterocycles. The largest absolute Gasteiger partial charge is 0.479 e. The van der Waals surface area contributed by atoms with Gasteiger partial charge in [-0.15, -0.1) is 0 Å². The van der Waals surface area contributed by atoms with E-state index in [-0.39, 0.29) is 18.3 Å². The van der Waals surface area contributed by atoms with Gasteiger partial charge in [-0.3, -0.25) is 4.79 Å². The SMILES string of the molecule is N[C@@H](Cc1c[nH]c2ccccc12)C(=O)N[C@@]1(C(=O)O)C[C@H](O)[C@H]2[CH][C@H]21. The van der Waals surface area contributed by atoms with Crippen molar-refractivity contribution in [2.75, 3.05) is 0 Å². The van der Waals surface area contributed by atoms with Crippen molar-refractivity contribution in [3.63, 3.8) is 0 Å². The number of aromatic amines is 1. The molecule has 0 saturated heterocycles. The van der Waals surface area contributed by atoms with Crippen LogP contribution in [0.25, 0.3) is 10.9 Å². The van der Waals surface area contributed by atoms with E-state index in [4.69, 9.17) is 5.73 Å². The zero-order valence-electron chi connectivity index (χ0n) is 13.5. The predicted molar refractivity (Wildman–Crippen MR) is 90.4 cm³/mol. The summed E-state index contributed by atoms with van der Waals surface area (Å²) in [4.78, 5) is 27.4. The van der Waals surface area contributed by atoms with Gasteiger partial charge in [0.15, 0.2) is 0 Å². The molecule has 0 spiro atoms. The van der Waals surface area contributed by atoms with Crippen molar-refractivity contribution in [3.8, 4) is 0 Å². The van der Waals surface area contributed by atoms with Crippen LogP contribution in [-0.2, 0) is 16.0 Å². The van der Waals surface area contributed by atoms with Gasteiger partial charge in [-0.1, -0.05) is 18.2 Å². The van der Waals surface area contributed by atoms with Crippen molar-refractivity contribution in [2.45, 2.75) is 30.5 Å². The molecule has 25 heavy (non-hydrogen) atoms. The number of rotatable bonds is 5. The number of carboxylic acid groups (broad SMARTS) is 1. The molecule has 2 aliphatic rings. The lowest BCUT2D eigenvalue weighted by atomic mass is 9.91. The van der Waals surface area contributed by atoms with E-state index in [1.807, 2.05) is 30.5 Å². The number of nitrogens with one attached hydrogen (secondary N) is 2. The minimum absolute atomic E-state index is 0.0136. The number of carbonyl (C=O) groups excluding carboxylic acids is 1. The number of aliphatic hydroxyl groups excluding tert-OH is 1. The van der Waals surface area contributed by atoms with Gasteiger partial charge >= 0.3 is 5.97 Å². The summed E-state index contributed by atoms with van der Waals surface area (Å²) < 4.78 is 0. The molecule has 5 atom stereocenters. The van der Waals surface area contributed by atoms with Crippen molar-refractivity contribution >= 4 is 22.8 Å². The van der Waals surface area contributed by atoms with Crippen molar-refractivity contribution in [2.24, 2.45) is 17.6 Å². The second-order valence-electron chi connectivity index (χ2n) is 7.00. The fraction of sp³-hybridized carbons (Fsp3) is 0.389. The molecule has 4 rings (SSSR count). The summed E-state index contributed by atoms with van der Waals surface area (Å²) in [6.45, 7) is 0. The van der Waals surface area contributed by atoms with Gasteiger partial charge in [0.1, 0.15) is 5.54 Å². The van der Waals surface area contributed by atoms with Crippen LogP contribution >= 0.6 is 0 Å². The van der Waals surface area contributed by atoms with Crippen molar-refractivity contribution in [1.29, 1.82) is 0 Å². The Morgan fingerprint density at radius 3 is 2.80 bits per heavy atom. The number of carbonyl (C=O) groups is 2. The third-order valence-corrected chi connectivity index (χ3v) is 5.43. The highest BCUT2D eigenvalue weighted by Crippen LogP contribution is 2.56. The van der Waals surface area contributed by atoms with Gasteiger partial charge in [0, 0.05) is 29.4 Å². The van der Waals surface area contributed by atoms with Crippen LogP contribution in [0.1, 0.15) is 12.0 Å². The second-order valence-corrected chi connectivity index (χ2v) is 7.00. The summed E-state index contributed by atoms with van der Waals surface area (Å²) in [7, 11) is 0. The first-order valence-electron chi connectivity index (χ1n) is 8.31. The highest BCUT2D eigenvalue weighted by atomic mass is 16.4. The van der Waals surface area contributed by atoms with Gasteiger partial charge in [-0.05, 0) is 30.4 Å². The van der Waals surface area contributed by atoms with Gasteiger partial charge in [0.25, 0.3) is 0 Å². The number of hydrogen-bond donors (Lipinski definition) is 5. The molecular weight excluding hydrogens is 322 g/mol. The maximum absolute atomic E-state index is 12.5. The van der Waals surface area contributed by atoms with Gasteiger partial charge < -0.3 is 26.2 Å². The molecule has 131 valence electrons. The molecule has 1 amide bonds. The van der Waals surface area contributed by atoms with Crippen molar-refractivity contribution in [1.82, 2.24) is 10.3 Å². The van der Waals surface area contributed by atoms with Crippen LogP contribution in [0.15, 0.2) is 30.5 Å². The minimum Gasteiger partial charge on any atom is -0.479 e. The maximum Gasteiger partial charge on any atom is 0.329 e. The van der Waals surface area contributed by atoms with Crippen LogP contribution in [0.4, 0.5) is 0 Å². The summed E-state index contributed by atoms with van der Waals surface area (Å²) in [6, 6.07) is 6.84. The first-order valence-corrected chi connectivity index (χ1v) is 8.31. The predicted octanol–water partition coefficient (Wildman–Crippen LogP) is 0.192. The number of hydrogen-bond acceptors (Lipinski definition) is 4. The van der Waals surface area contributed by atoms with E-state index in [2.05, 4.69) is 10.3 Å². The standard InChI is InChI=1S/C18H20N3O4/c19-13(5-9-8-20-14-4-2-1-3-10(9)14)16(23)21-18(17(24)25)7-15(22)11-6-12(11)18/h1-4,6,8,11-13,15,20,22H,5,7,19H2,(H,21,23)(H,24,25)/t11-,12+,13-,15-,18-/m0/s1. The topological polar surface area (TPSA) is 128 Å². The lowest BCUT2D eigenvalue weighted by molar-refractivity contribution is -0.149. The van der Waals surface area contributed by atoms with Gasteiger partial charge in [0.2, 0.25) is 5.91 Å². The molecular formula is C18H20N3O4. The van der Waals surface area contributed by atoms with E-state index in [0.717, 1.165) is 16.5 Å². The lowest BCUT2D eigenvalue weighted by Crippen LogP contribution is -2.59. The monoisotopic (exact) mass is 342 g/mol. The van der Waals surface area contributed by atoms with E-state index in [1.54, 1.807) is 6.42 Å². The average Bonchev–Trinajstić information content (AvgIpc) is 3.23. The molecule has 1 aromatic heterocycles. The molecule has 0 unspecified atom stereocenters. The van der Waals surface area contributed by atoms with Gasteiger partial charge in [-0.2, -0.15) is 0 Å². The molecule has 0 aliphatic heterocycles. The molecule has 2 fully saturated rings. The zero-order chi connectivity index (χ0) is 17.8. The Morgan fingerprint density at radius 2 is 2.16 bits per heavy atom. The van der Waals surface area contributed by atoms with Crippen LogP contribution in [0, 0.1) is 18.3 Å². The summed E-state index contributed by atoms with van der Waals surface area (Å²) >= 11 is 0. The Labute approximate surface area is 144 Å². The number of fused-ring (bicyclic) bond motifs is 2. The number of amides is 1. The van der Waals surface area contributed by atoms with Gasteiger partial charge in [0.05, 0.1) is 12.1 Å². The van der Waals surface area contributed by atoms with Crippen LogP contribution in [0.2, 0.25) is 0 Å². The summed E-state index contributed by atoms with van der Waals surface area (Å²) in [5, 5.41) is 23.1. The lowest BCUT2D eigenvalue weighted by Gasteiger charge is -2.29. The number of nitrogens with two attached hydrogens (primary N) is 1. The Bertz CT molecular complexity index is 848. The van der Waals surface area contributed by atoms with Crippen molar-refractivity contribution < 1.29 is 19.8 Å². The molecule has 7 heteroatoms. The van der Waals surface area contributed by atoms with Crippen LogP contribution in [0.3, 0.4) is 0 Å². The third kappa shape index (κ3) is 2.51. The summed E-state index contributed by atoms with van der Waals surface area (Å²) in [5.74, 6) is -2.12. The Morgan fingerprint density at radius 1 is 1.40 bits per heavy atom. The highest BCUT2D eigenvalue weighted by molar-refractivity contribution is 5.92. The van der Waals surface area contributed by atoms with E-state index < -0.39 is 29.6 Å². The number of carboxylic acids is 1. The van der Waals surface area contributed by atoms with Crippen molar-refractivity contribution in [3.05, 3.63) is 42.4 Å². The number of H-pyrrole nitrogens is 1. The number of aliphatic hydroxyl groups is 1. The normalized spacial score (nSPS) is 31.5. The zero-order valence-corrected chi connectivity index (χ0v) is 13.5. The van der Waals surface area contributed by atoms with E-state index in [1.165, 1.54) is 0 Å². The average molecular weight is 342 g/mol. The smallest absolute Gasteiger partial charge is 0.329 e.